The summed E-state index contributed by atoms with van der Waals surface area (Å²) < 4.78 is 8.78. The van der Waals surface area contributed by atoms with Crippen LogP contribution < -0.4 is 0 Å². The minimum Gasteiger partial charge on any atom is -0.347 e. The van der Waals surface area contributed by atoms with Gasteiger partial charge >= 0.3 is 0 Å². The summed E-state index contributed by atoms with van der Waals surface area (Å²) in [6.07, 6.45) is 2.61. The number of nitrogens with zero attached hydrogens (tertiary/aromatic N) is 2. The maximum Gasteiger partial charge on any atom is 0.259 e. The molecule has 0 spiro atoms. The zero-order chi connectivity index (χ0) is 20.8. The Morgan fingerprint density at radius 3 is 2.35 bits per heavy atom. The fourth-order valence-corrected chi connectivity index (χ4v) is 5.04. The summed E-state index contributed by atoms with van der Waals surface area (Å²) in [5.41, 5.74) is 3.90. The van der Waals surface area contributed by atoms with E-state index in [-0.39, 0.29) is 11.9 Å². The van der Waals surface area contributed by atoms with Crippen molar-refractivity contribution in [2.75, 3.05) is 6.61 Å². The average molecular weight is 406 g/mol. The van der Waals surface area contributed by atoms with Gasteiger partial charge in [0.05, 0.1) is 29.6 Å². The van der Waals surface area contributed by atoms with Crippen molar-refractivity contribution in [2.45, 2.75) is 18.2 Å². The van der Waals surface area contributed by atoms with Gasteiger partial charge in [-0.05, 0) is 35.4 Å². The molecular formula is C27H22N2O2. The zero-order valence-corrected chi connectivity index (χ0v) is 17.0. The maximum absolute atomic E-state index is 14.1. The number of amides is 1. The van der Waals surface area contributed by atoms with Crippen LogP contribution in [0.2, 0.25) is 0 Å². The zero-order valence-electron chi connectivity index (χ0n) is 17.0. The highest BCUT2D eigenvalue weighted by Gasteiger charge is 2.55. The van der Waals surface area contributed by atoms with Gasteiger partial charge in [0, 0.05) is 12.6 Å². The van der Waals surface area contributed by atoms with E-state index >= 15 is 0 Å². The topological polar surface area (TPSA) is 34.5 Å². The Morgan fingerprint density at radius 1 is 0.839 bits per heavy atom. The Balaban J connectivity index is 1.61. The quantitative estimate of drug-likeness (QED) is 0.474. The normalized spacial score (nSPS) is 21.9. The Morgan fingerprint density at radius 2 is 1.55 bits per heavy atom. The molecule has 4 nitrogen and oxygen atoms in total. The Bertz CT molecular complexity index is 1250. The average Bonchev–Trinajstić information content (AvgIpc) is 3.44. The number of fused-ring (bicyclic) bond motifs is 5. The van der Waals surface area contributed by atoms with Gasteiger partial charge in [-0.15, -0.1) is 0 Å². The number of para-hydroxylation sites is 1. The van der Waals surface area contributed by atoms with Crippen LogP contribution in [-0.4, -0.2) is 22.0 Å². The molecule has 0 radical (unpaired) electrons. The van der Waals surface area contributed by atoms with Crippen molar-refractivity contribution < 1.29 is 9.53 Å². The third kappa shape index (κ3) is 2.69. The molecule has 0 saturated carbocycles. The predicted octanol–water partition coefficient (Wildman–Crippen LogP) is 5.10. The molecule has 0 unspecified atom stereocenters. The van der Waals surface area contributed by atoms with Gasteiger partial charge in [0.15, 0.2) is 5.72 Å². The third-order valence-corrected chi connectivity index (χ3v) is 6.41. The lowest BCUT2D eigenvalue weighted by molar-refractivity contribution is -0.0790. The largest absolute Gasteiger partial charge is 0.347 e. The number of hydrogen-bond acceptors (Lipinski definition) is 2. The van der Waals surface area contributed by atoms with E-state index in [1.54, 1.807) is 0 Å². The molecule has 1 fully saturated rings. The standard InChI is InChI=1S/C27H22N2O2/c30-26-22-14-7-8-15-23(22)28-17-9-16-25(28)27(18-20-10-3-1-4-11-20)29(26)24(19-31-27)21-12-5-2-6-13-21/h1-17,24H,18-19H2/t24-,27-/m0/s1. The molecule has 2 aliphatic heterocycles. The van der Waals surface area contributed by atoms with E-state index < -0.39 is 5.72 Å². The molecule has 1 saturated heterocycles. The first-order valence-electron chi connectivity index (χ1n) is 10.6. The molecule has 152 valence electrons. The number of benzene rings is 3. The molecule has 4 aromatic rings. The van der Waals surface area contributed by atoms with Crippen LogP contribution in [-0.2, 0) is 16.9 Å². The van der Waals surface area contributed by atoms with Gasteiger partial charge in [-0.2, -0.15) is 0 Å². The van der Waals surface area contributed by atoms with Crippen molar-refractivity contribution in [1.82, 2.24) is 9.47 Å². The summed E-state index contributed by atoms with van der Waals surface area (Å²) in [6, 6.07) is 32.3. The van der Waals surface area contributed by atoms with E-state index in [9.17, 15) is 4.79 Å². The highest BCUT2D eigenvalue weighted by atomic mass is 16.5. The molecule has 6 rings (SSSR count). The molecule has 0 N–H and O–H groups in total. The lowest BCUT2D eigenvalue weighted by Crippen LogP contribution is -2.48. The van der Waals surface area contributed by atoms with Gasteiger partial charge in [-0.1, -0.05) is 72.8 Å². The minimum absolute atomic E-state index is 0.00147. The highest BCUT2D eigenvalue weighted by Crippen LogP contribution is 2.49. The molecule has 2 aliphatic rings. The van der Waals surface area contributed by atoms with Gasteiger partial charge in [-0.3, -0.25) is 9.69 Å². The van der Waals surface area contributed by atoms with E-state index in [1.807, 2.05) is 77.8 Å². The number of carbonyl (C=O) groups excluding carboxylic acids is 1. The van der Waals surface area contributed by atoms with Crippen molar-refractivity contribution in [3.63, 3.8) is 0 Å². The number of carbonyl (C=O) groups is 1. The third-order valence-electron chi connectivity index (χ3n) is 6.41. The first-order valence-corrected chi connectivity index (χ1v) is 10.6. The molecule has 4 heteroatoms. The fraction of sp³-hybridized carbons (Fsp3) is 0.148. The molecule has 1 amide bonds. The summed E-state index contributed by atoms with van der Waals surface area (Å²) in [7, 11) is 0. The summed E-state index contributed by atoms with van der Waals surface area (Å²) >= 11 is 0. The van der Waals surface area contributed by atoms with E-state index in [1.165, 1.54) is 0 Å². The van der Waals surface area contributed by atoms with Crippen LogP contribution in [0.5, 0.6) is 0 Å². The first-order chi connectivity index (χ1) is 15.3. The van der Waals surface area contributed by atoms with Crippen LogP contribution in [0.3, 0.4) is 0 Å². The van der Waals surface area contributed by atoms with Crippen LogP contribution in [0.1, 0.15) is 33.2 Å². The Labute approximate surface area is 181 Å². The van der Waals surface area contributed by atoms with Crippen LogP contribution in [0.15, 0.2) is 103 Å². The molecular weight excluding hydrogens is 384 g/mol. The van der Waals surface area contributed by atoms with E-state index in [4.69, 9.17) is 4.74 Å². The summed E-state index contributed by atoms with van der Waals surface area (Å²) in [5.74, 6) is 0.00147. The molecule has 3 aromatic carbocycles. The summed E-state index contributed by atoms with van der Waals surface area (Å²) in [4.78, 5) is 16.1. The second-order valence-corrected chi connectivity index (χ2v) is 8.14. The lowest BCUT2D eigenvalue weighted by atomic mass is 9.95. The van der Waals surface area contributed by atoms with Gasteiger partial charge in [0.25, 0.3) is 5.91 Å². The van der Waals surface area contributed by atoms with Crippen LogP contribution >= 0.6 is 0 Å². The van der Waals surface area contributed by atoms with Crippen LogP contribution in [0.4, 0.5) is 0 Å². The SMILES string of the molecule is O=C1c2ccccc2-n2cccc2[C@]2(Cc3ccccc3)OC[C@@H](c3ccccc3)N12. The van der Waals surface area contributed by atoms with Crippen LogP contribution in [0, 0.1) is 0 Å². The number of rotatable bonds is 3. The van der Waals surface area contributed by atoms with E-state index in [0.717, 1.165) is 22.5 Å². The monoisotopic (exact) mass is 406 g/mol. The van der Waals surface area contributed by atoms with Gasteiger partial charge in [-0.25, -0.2) is 0 Å². The summed E-state index contributed by atoms with van der Waals surface area (Å²) in [6.45, 7) is 0.454. The van der Waals surface area contributed by atoms with Gasteiger partial charge in [0.2, 0.25) is 0 Å². The number of aromatic nitrogens is 1. The van der Waals surface area contributed by atoms with Crippen molar-refractivity contribution >= 4 is 5.91 Å². The van der Waals surface area contributed by atoms with E-state index in [2.05, 4.69) is 34.9 Å². The smallest absolute Gasteiger partial charge is 0.259 e. The molecule has 31 heavy (non-hydrogen) atoms. The van der Waals surface area contributed by atoms with Gasteiger partial charge < -0.3 is 9.30 Å². The summed E-state index contributed by atoms with van der Waals surface area (Å²) in [5, 5.41) is 0. The van der Waals surface area contributed by atoms with Crippen molar-refractivity contribution in [3.05, 3.63) is 126 Å². The molecule has 0 bridgehead atoms. The maximum atomic E-state index is 14.1. The Kier molecular flexibility index (Phi) is 4.08. The van der Waals surface area contributed by atoms with E-state index in [0.29, 0.717) is 18.6 Å². The second kappa shape index (κ2) is 6.96. The minimum atomic E-state index is -0.887. The van der Waals surface area contributed by atoms with Crippen molar-refractivity contribution in [3.8, 4) is 5.69 Å². The molecule has 3 heterocycles. The van der Waals surface area contributed by atoms with Gasteiger partial charge in [0.1, 0.15) is 0 Å². The predicted molar refractivity (Wildman–Crippen MR) is 119 cm³/mol. The molecule has 1 aromatic heterocycles. The van der Waals surface area contributed by atoms with Crippen molar-refractivity contribution in [1.29, 1.82) is 0 Å². The highest BCUT2D eigenvalue weighted by molar-refractivity contribution is 5.99. The lowest BCUT2D eigenvalue weighted by Gasteiger charge is -2.38. The molecule has 2 atom stereocenters. The number of hydrogen-bond donors (Lipinski definition) is 0. The first kappa shape index (κ1) is 18.2. The number of ether oxygens (including phenoxy) is 1. The second-order valence-electron chi connectivity index (χ2n) is 8.14. The fourth-order valence-electron chi connectivity index (χ4n) is 5.04. The van der Waals surface area contributed by atoms with Crippen molar-refractivity contribution in [2.24, 2.45) is 0 Å². The Hall–Kier alpha value is -3.63. The van der Waals surface area contributed by atoms with Crippen LogP contribution in [0.25, 0.3) is 5.69 Å². The molecule has 0 aliphatic carbocycles.